The number of esters is 1. The van der Waals surface area contributed by atoms with Crippen molar-refractivity contribution in [2.24, 2.45) is 0 Å². The predicted octanol–water partition coefficient (Wildman–Crippen LogP) is 5.72. The molecule has 0 bridgehead atoms. The largest absolute Gasteiger partial charge is 0.486 e. The second kappa shape index (κ2) is 12.4. The Labute approximate surface area is 224 Å². The van der Waals surface area contributed by atoms with Gasteiger partial charge in [0.05, 0.1) is 17.9 Å². The van der Waals surface area contributed by atoms with Crippen molar-refractivity contribution in [2.45, 2.75) is 25.6 Å². The average Bonchev–Trinajstić information content (AvgIpc) is 3.32. The Morgan fingerprint density at radius 1 is 1.03 bits per heavy atom. The van der Waals surface area contributed by atoms with E-state index in [2.05, 4.69) is 15.5 Å². The van der Waals surface area contributed by atoms with Crippen molar-refractivity contribution in [3.63, 3.8) is 0 Å². The van der Waals surface area contributed by atoms with Gasteiger partial charge in [0.2, 0.25) is 5.91 Å². The molecule has 3 aromatic carbocycles. The molecule has 0 unspecified atom stereocenters. The number of nitrogens with one attached hydrogen (secondary N) is 1. The molecule has 10 heteroatoms. The topological polar surface area (TPSA) is 95.3 Å². The van der Waals surface area contributed by atoms with Gasteiger partial charge in [-0.15, -0.1) is 10.2 Å². The normalized spacial score (nSPS) is 10.7. The van der Waals surface area contributed by atoms with Gasteiger partial charge in [0, 0.05) is 16.4 Å². The van der Waals surface area contributed by atoms with E-state index in [1.54, 1.807) is 43.3 Å². The lowest BCUT2D eigenvalue weighted by atomic mass is 10.2. The average molecular weight is 537 g/mol. The molecule has 1 heterocycles. The number of benzene rings is 3. The molecule has 0 fully saturated rings. The smallest absolute Gasteiger partial charge is 0.338 e. The van der Waals surface area contributed by atoms with E-state index < -0.39 is 5.97 Å². The highest BCUT2D eigenvalue weighted by atomic mass is 35.5. The molecule has 0 aliphatic rings. The van der Waals surface area contributed by atoms with Gasteiger partial charge in [0.1, 0.15) is 12.4 Å². The van der Waals surface area contributed by atoms with Crippen molar-refractivity contribution in [1.82, 2.24) is 14.8 Å². The Kier molecular flexibility index (Phi) is 8.81. The second-order valence-corrected chi connectivity index (χ2v) is 9.26. The first kappa shape index (κ1) is 26.2. The van der Waals surface area contributed by atoms with Crippen LogP contribution in [0.2, 0.25) is 5.02 Å². The molecule has 0 aliphatic heterocycles. The summed E-state index contributed by atoms with van der Waals surface area (Å²) in [6.45, 7) is 4.11. The maximum Gasteiger partial charge on any atom is 0.338 e. The highest BCUT2D eigenvalue weighted by Crippen LogP contribution is 2.25. The molecule has 0 atom stereocenters. The standard InChI is InChI=1S/C27H25ClN4O4S/c1-3-35-26(34)19-8-7-9-20(15-19)29-25(33)17-37-27-31-30-24(32(27)21-10-5-4-6-11-21)16-36-22-12-13-23(28)18(2)14-22/h4-15H,3,16-17H2,1-2H3,(H,29,33). The number of ether oxygens (including phenoxy) is 2. The molecule has 37 heavy (non-hydrogen) atoms. The summed E-state index contributed by atoms with van der Waals surface area (Å²) in [5, 5.41) is 12.7. The fraction of sp³-hybridized carbons (Fsp3) is 0.185. The Morgan fingerprint density at radius 3 is 2.59 bits per heavy atom. The summed E-state index contributed by atoms with van der Waals surface area (Å²) in [4.78, 5) is 24.6. The predicted molar refractivity (Wildman–Crippen MR) is 144 cm³/mol. The van der Waals surface area contributed by atoms with Gasteiger partial charge in [0.25, 0.3) is 0 Å². The summed E-state index contributed by atoms with van der Waals surface area (Å²) in [5.74, 6) is 0.661. The van der Waals surface area contributed by atoms with E-state index in [1.807, 2.05) is 47.9 Å². The Bertz CT molecular complexity index is 1390. The summed E-state index contributed by atoms with van der Waals surface area (Å²) in [6.07, 6.45) is 0. The number of rotatable bonds is 10. The third-order valence-corrected chi connectivity index (χ3v) is 6.55. The van der Waals surface area contributed by atoms with Gasteiger partial charge >= 0.3 is 5.97 Å². The number of para-hydroxylation sites is 1. The van der Waals surface area contributed by atoms with Crippen LogP contribution in [0.4, 0.5) is 5.69 Å². The minimum atomic E-state index is -0.438. The van der Waals surface area contributed by atoms with Crippen LogP contribution in [0.5, 0.6) is 5.75 Å². The number of nitrogens with zero attached hydrogens (tertiary/aromatic N) is 3. The van der Waals surface area contributed by atoms with E-state index in [1.165, 1.54) is 11.8 Å². The molecule has 4 rings (SSSR count). The Balaban J connectivity index is 1.46. The van der Waals surface area contributed by atoms with Crippen molar-refractivity contribution in [1.29, 1.82) is 0 Å². The van der Waals surface area contributed by atoms with Crippen molar-refractivity contribution in [3.8, 4) is 11.4 Å². The van der Waals surface area contributed by atoms with E-state index in [-0.39, 0.29) is 24.9 Å². The summed E-state index contributed by atoms with van der Waals surface area (Å²) < 4.78 is 12.8. The fourth-order valence-corrected chi connectivity index (χ4v) is 4.33. The van der Waals surface area contributed by atoms with Crippen LogP contribution in [0.3, 0.4) is 0 Å². The van der Waals surface area contributed by atoms with Crippen LogP contribution in [0.1, 0.15) is 28.7 Å². The van der Waals surface area contributed by atoms with E-state index in [4.69, 9.17) is 21.1 Å². The lowest BCUT2D eigenvalue weighted by molar-refractivity contribution is -0.113. The van der Waals surface area contributed by atoms with Crippen LogP contribution in [0, 0.1) is 6.92 Å². The van der Waals surface area contributed by atoms with Gasteiger partial charge in [-0.25, -0.2) is 4.79 Å². The number of carbonyl (C=O) groups is 2. The monoisotopic (exact) mass is 536 g/mol. The Morgan fingerprint density at radius 2 is 1.84 bits per heavy atom. The number of carbonyl (C=O) groups excluding carboxylic acids is 2. The molecule has 190 valence electrons. The van der Waals surface area contributed by atoms with Crippen LogP contribution in [0.15, 0.2) is 78.0 Å². The highest BCUT2D eigenvalue weighted by Gasteiger charge is 2.17. The zero-order valence-corrected chi connectivity index (χ0v) is 21.9. The van der Waals surface area contributed by atoms with Gasteiger partial charge in [-0.3, -0.25) is 9.36 Å². The summed E-state index contributed by atoms with van der Waals surface area (Å²) in [7, 11) is 0. The minimum absolute atomic E-state index is 0.0891. The van der Waals surface area contributed by atoms with Gasteiger partial charge < -0.3 is 14.8 Å². The maximum absolute atomic E-state index is 12.7. The molecule has 0 radical (unpaired) electrons. The zero-order chi connectivity index (χ0) is 26.2. The molecule has 1 aromatic heterocycles. The van der Waals surface area contributed by atoms with Crippen LogP contribution >= 0.6 is 23.4 Å². The Hall–Kier alpha value is -3.82. The number of anilines is 1. The first-order chi connectivity index (χ1) is 17.9. The molecule has 0 saturated carbocycles. The number of amides is 1. The van der Waals surface area contributed by atoms with Gasteiger partial charge in [0.15, 0.2) is 11.0 Å². The van der Waals surface area contributed by atoms with Crippen LogP contribution in [0.25, 0.3) is 5.69 Å². The van der Waals surface area contributed by atoms with E-state index in [9.17, 15) is 9.59 Å². The fourth-order valence-electron chi connectivity index (χ4n) is 3.44. The number of aromatic nitrogens is 3. The van der Waals surface area contributed by atoms with Crippen molar-refractivity contribution < 1.29 is 19.1 Å². The summed E-state index contributed by atoms with van der Waals surface area (Å²) >= 11 is 7.36. The van der Waals surface area contributed by atoms with Crippen molar-refractivity contribution in [3.05, 3.63) is 94.8 Å². The van der Waals surface area contributed by atoms with Gasteiger partial charge in [-0.2, -0.15) is 0 Å². The third-order valence-electron chi connectivity index (χ3n) is 5.20. The van der Waals surface area contributed by atoms with Crippen LogP contribution in [-0.2, 0) is 16.1 Å². The number of hydrogen-bond donors (Lipinski definition) is 1. The van der Waals surface area contributed by atoms with Gasteiger partial charge in [-0.1, -0.05) is 47.6 Å². The second-order valence-electron chi connectivity index (χ2n) is 7.91. The third kappa shape index (κ3) is 6.90. The molecular formula is C27H25ClN4O4S. The molecule has 1 N–H and O–H groups in total. The first-order valence-corrected chi connectivity index (χ1v) is 12.9. The molecular weight excluding hydrogens is 512 g/mol. The van der Waals surface area contributed by atoms with Crippen LogP contribution < -0.4 is 10.1 Å². The SMILES string of the molecule is CCOC(=O)c1cccc(NC(=O)CSc2nnc(COc3ccc(Cl)c(C)c3)n2-c2ccccc2)c1. The number of halogens is 1. The van der Waals surface area contributed by atoms with E-state index in [0.717, 1.165) is 11.3 Å². The molecule has 8 nitrogen and oxygen atoms in total. The lowest BCUT2D eigenvalue weighted by Crippen LogP contribution is -2.15. The quantitative estimate of drug-likeness (QED) is 0.205. The van der Waals surface area contributed by atoms with Crippen LogP contribution in [-0.4, -0.2) is 39.0 Å². The molecule has 0 aliphatic carbocycles. The van der Waals surface area contributed by atoms with E-state index >= 15 is 0 Å². The molecule has 1 amide bonds. The zero-order valence-electron chi connectivity index (χ0n) is 20.3. The molecule has 0 saturated heterocycles. The van der Waals surface area contributed by atoms with Crippen molar-refractivity contribution in [2.75, 3.05) is 17.7 Å². The number of hydrogen-bond acceptors (Lipinski definition) is 7. The highest BCUT2D eigenvalue weighted by molar-refractivity contribution is 7.99. The maximum atomic E-state index is 12.7. The number of aryl methyl sites for hydroxylation is 1. The van der Waals surface area contributed by atoms with E-state index in [0.29, 0.717) is 33.0 Å². The lowest BCUT2D eigenvalue weighted by Gasteiger charge is -2.12. The van der Waals surface area contributed by atoms with Gasteiger partial charge in [-0.05, 0) is 67.9 Å². The minimum Gasteiger partial charge on any atom is -0.486 e. The summed E-state index contributed by atoms with van der Waals surface area (Å²) in [5.41, 5.74) is 2.65. The molecule has 4 aromatic rings. The molecule has 0 spiro atoms. The van der Waals surface area contributed by atoms with Crippen molar-refractivity contribution >= 4 is 40.9 Å². The summed E-state index contributed by atoms with van der Waals surface area (Å²) in [6, 6.07) is 21.7. The first-order valence-electron chi connectivity index (χ1n) is 11.5. The number of thioether (sulfide) groups is 1.